The highest BCUT2D eigenvalue weighted by atomic mass is 32.2. The Labute approximate surface area is 175 Å². The van der Waals surface area contributed by atoms with E-state index in [1.807, 2.05) is 42.5 Å². The molecule has 1 saturated heterocycles. The molecule has 0 spiro atoms. The van der Waals surface area contributed by atoms with Crippen molar-refractivity contribution in [3.05, 3.63) is 84.2 Å². The fraction of sp³-hybridized carbons (Fsp3) is 0.174. The summed E-state index contributed by atoms with van der Waals surface area (Å²) in [6, 6.07) is 20.6. The van der Waals surface area contributed by atoms with E-state index in [9.17, 15) is 17.6 Å². The normalized spacial score (nSPS) is 14.6. The average molecular weight is 424 g/mol. The highest BCUT2D eigenvalue weighted by Crippen LogP contribution is 2.25. The van der Waals surface area contributed by atoms with E-state index in [1.165, 1.54) is 10.4 Å². The summed E-state index contributed by atoms with van der Waals surface area (Å²) in [4.78, 5) is 12.2. The summed E-state index contributed by atoms with van der Waals surface area (Å²) >= 11 is 0. The summed E-state index contributed by atoms with van der Waals surface area (Å²) < 4.78 is 41.0. The Hall–Kier alpha value is -3.03. The second kappa shape index (κ2) is 8.38. The fourth-order valence-electron chi connectivity index (χ4n) is 3.49. The smallest absolute Gasteiger partial charge is 0.255 e. The number of halogens is 1. The van der Waals surface area contributed by atoms with Crippen LogP contribution in [0.1, 0.15) is 23.2 Å². The maximum absolute atomic E-state index is 14.3. The third-order valence-electron chi connectivity index (χ3n) is 5.13. The van der Waals surface area contributed by atoms with Crippen LogP contribution < -0.4 is 5.32 Å². The van der Waals surface area contributed by atoms with Gasteiger partial charge in [0.2, 0.25) is 10.0 Å². The molecule has 1 N–H and O–H groups in total. The minimum atomic E-state index is -3.96. The van der Waals surface area contributed by atoms with E-state index >= 15 is 0 Å². The van der Waals surface area contributed by atoms with E-state index in [2.05, 4.69) is 5.32 Å². The van der Waals surface area contributed by atoms with Crippen LogP contribution >= 0.6 is 0 Å². The van der Waals surface area contributed by atoms with Gasteiger partial charge in [0.15, 0.2) is 0 Å². The molecule has 0 unspecified atom stereocenters. The maximum Gasteiger partial charge on any atom is 0.255 e. The first kappa shape index (κ1) is 20.3. The molecule has 0 atom stereocenters. The standard InChI is InChI=1S/C23H21FN2O3S/c24-21-13-10-19(16-22(21)30(28,29)26-14-4-5-15-26)23(27)25-20-11-8-18(9-12-20)17-6-2-1-3-7-17/h1-3,6-13,16H,4-5,14-15H2,(H,25,27). The first-order chi connectivity index (χ1) is 14.4. The highest BCUT2D eigenvalue weighted by Gasteiger charge is 2.30. The monoisotopic (exact) mass is 424 g/mol. The zero-order chi connectivity index (χ0) is 21.1. The maximum atomic E-state index is 14.3. The van der Waals surface area contributed by atoms with Crippen LogP contribution in [0.5, 0.6) is 0 Å². The van der Waals surface area contributed by atoms with Gasteiger partial charge in [0.05, 0.1) is 0 Å². The van der Waals surface area contributed by atoms with Crippen molar-refractivity contribution in [1.29, 1.82) is 0 Å². The third kappa shape index (κ3) is 4.13. The lowest BCUT2D eigenvalue weighted by Gasteiger charge is -2.16. The zero-order valence-corrected chi connectivity index (χ0v) is 17.0. The number of amides is 1. The molecule has 30 heavy (non-hydrogen) atoms. The first-order valence-electron chi connectivity index (χ1n) is 9.72. The number of rotatable bonds is 5. The molecule has 4 rings (SSSR count). The van der Waals surface area contributed by atoms with Crippen LogP contribution in [0.25, 0.3) is 11.1 Å². The van der Waals surface area contributed by atoms with Gasteiger partial charge in [-0.3, -0.25) is 4.79 Å². The van der Waals surface area contributed by atoms with Crippen molar-refractivity contribution >= 4 is 21.6 Å². The van der Waals surface area contributed by atoms with Gasteiger partial charge < -0.3 is 5.32 Å². The Morgan fingerprint density at radius 1 is 0.867 bits per heavy atom. The van der Waals surface area contributed by atoms with Crippen LogP contribution in [-0.2, 0) is 10.0 Å². The Morgan fingerprint density at radius 3 is 2.17 bits per heavy atom. The van der Waals surface area contributed by atoms with Gasteiger partial charge in [-0.05, 0) is 54.3 Å². The Bertz CT molecular complexity index is 1160. The molecule has 1 aliphatic rings. The van der Waals surface area contributed by atoms with Crippen LogP contribution in [0.3, 0.4) is 0 Å². The lowest BCUT2D eigenvalue weighted by atomic mass is 10.1. The highest BCUT2D eigenvalue weighted by molar-refractivity contribution is 7.89. The van der Waals surface area contributed by atoms with E-state index in [0.29, 0.717) is 18.8 Å². The van der Waals surface area contributed by atoms with Crippen LogP contribution in [0.4, 0.5) is 10.1 Å². The Morgan fingerprint density at radius 2 is 1.50 bits per heavy atom. The van der Waals surface area contributed by atoms with E-state index in [1.54, 1.807) is 12.1 Å². The third-order valence-corrected chi connectivity index (χ3v) is 7.04. The predicted molar refractivity (Wildman–Crippen MR) is 114 cm³/mol. The summed E-state index contributed by atoms with van der Waals surface area (Å²) in [5.74, 6) is -1.36. The Balaban J connectivity index is 1.54. The number of carbonyl (C=O) groups excluding carboxylic acids is 1. The van der Waals surface area contributed by atoms with Crippen molar-refractivity contribution in [2.45, 2.75) is 17.7 Å². The average Bonchev–Trinajstić information content (AvgIpc) is 3.31. The van der Waals surface area contributed by atoms with Crippen molar-refractivity contribution in [1.82, 2.24) is 4.31 Å². The molecule has 3 aromatic carbocycles. The summed E-state index contributed by atoms with van der Waals surface area (Å²) in [5.41, 5.74) is 2.72. The molecule has 0 aliphatic carbocycles. The minimum Gasteiger partial charge on any atom is -0.322 e. The first-order valence-corrected chi connectivity index (χ1v) is 11.2. The molecule has 7 heteroatoms. The summed E-state index contributed by atoms with van der Waals surface area (Å²) in [6.45, 7) is 0.734. The molecule has 0 radical (unpaired) electrons. The quantitative estimate of drug-likeness (QED) is 0.654. The minimum absolute atomic E-state index is 0.0845. The lowest BCUT2D eigenvalue weighted by molar-refractivity contribution is 0.102. The fourth-order valence-corrected chi connectivity index (χ4v) is 5.10. The number of carbonyl (C=O) groups is 1. The molecule has 1 fully saturated rings. The van der Waals surface area contributed by atoms with Gasteiger partial charge in [0.25, 0.3) is 5.91 Å². The molecule has 0 bridgehead atoms. The van der Waals surface area contributed by atoms with Crippen LogP contribution in [0.2, 0.25) is 0 Å². The lowest BCUT2D eigenvalue weighted by Crippen LogP contribution is -2.29. The molecule has 3 aromatic rings. The van der Waals surface area contributed by atoms with Crippen molar-refractivity contribution in [2.75, 3.05) is 18.4 Å². The number of hydrogen-bond donors (Lipinski definition) is 1. The zero-order valence-electron chi connectivity index (χ0n) is 16.2. The summed E-state index contributed by atoms with van der Waals surface area (Å²) in [5, 5.41) is 2.73. The largest absolute Gasteiger partial charge is 0.322 e. The van der Waals surface area contributed by atoms with Gasteiger partial charge in [-0.15, -0.1) is 0 Å². The molecule has 154 valence electrons. The van der Waals surface area contributed by atoms with E-state index < -0.39 is 26.6 Å². The van der Waals surface area contributed by atoms with E-state index in [0.717, 1.165) is 36.1 Å². The van der Waals surface area contributed by atoms with Crippen LogP contribution in [0.15, 0.2) is 77.7 Å². The molecule has 0 aromatic heterocycles. The summed E-state index contributed by atoms with van der Waals surface area (Å²) in [7, 11) is -3.96. The Kier molecular flexibility index (Phi) is 5.65. The molecule has 5 nitrogen and oxygen atoms in total. The predicted octanol–water partition coefficient (Wildman–Crippen LogP) is 4.53. The van der Waals surface area contributed by atoms with Crippen molar-refractivity contribution in [3.63, 3.8) is 0 Å². The van der Waals surface area contributed by atoms with Gasteiger partial charge in [0, 0.05) is 24.3 Å². The number of nitrogens with zero attached hydrogens (tertiary/aromatic N) is 1. The topological polar surface area (TPSA) is 66.5 Å². The van der Waals surface area contributed by atoms with Crippen molar-refractivity contribution in [2.24, 2.45) is 0 Å². The van der Waals surface area contributed by atoms with Crippen molar-refractivity contribution < 1.29 is 17.6 Å². The number of sulfonamides is 1. The molecule has 1 heterocycles. The summed E-state index contributed by atoms with van der Waals surface area (Å²) in [6.07, 6.45) is 1.50. The van der Waals surface area contributed by atoms with Gasteiger partial charge >= 0.3 is 0 Å². The van der Waals surface area contributed by atoms with E-state index in [4.69, 9.17) is 0 Å². The molecule has 1 aliphatic heterocycles. The van der Waals surface area contributed by atoms with Crippen molar-refractivity contribution in [3.8, 4) is 11.1 Å². The second-order valence-electron chi connectivity index (χ2n) is 7.15. The molecule has 1 amide bonds. The van der Waals surface area contributed by atoms with Crippen LogP contribution in [-0.4, -0.2) is 31.7 Å². The molecular weight excluding hydrogens is 403 g/mol. The second-order valence-corrected chi connectivity index (χ2v) is 9.06. The number of benzene rings is 3. The SMILES string of the molecule is O=C(Nc1ccc(-c2ccccc2)cc1)c1ccc(F)c(S(=O)(=O)N2CCCC2)c1. The molecular formula is C23H21FN2O3S. The van der Waals surface area contributed by atoms with Gasteiger partial charge in [-0.2, -0.15) is 4.31 Å². The van der Waals surface area contributed by atoms with Crippen LogP contribution in [0, 0.1) is 5.82 Å². The molecule has 0 saturated carbocycles. The van der Waals surface area contributed by atoms with E-state index in [-0.39, 0.29) is 5.56 Å². The number of hydrogen-bond acceptors (Lipinski definition) is 3. The number of nitrogens with one attached hydrogen (secondary N) is 1. The van der Waals surface area contributed by atoms with Gasteiger partial charge in [0.1, 0.15) is 10.7 Å². The van der Waals surface area contributed by atoms with Gasteiger partial charge in [-0.1, -0.05) is 42.5 Å². The number of anilines is 1. The van der Waals surface area contributed by atoms with Gasteiger partial charge in [-0.25, -0.2) is 12.8 Å².